The molecule has 2 rings (SSSR count). The van der Waals surface area contributed by atoms with Crippen LogP contribution in [-0.2, 0) is 9.59 Å². The molecule has 5 heteroatoms. The van der Waals surface area contributed by atoms with Gasteiger partial charge in [-0.15, -0.1) is 0 Å². The molecule has 1 unspecified atom stereocenters. The van der Waals surface area contributed by atoms with Crippen LogP contribution in [-0.4, -0.2) is 46.6 Å². The lowest BCUT2D eigenvalue weighted by Gasteiger charge is -2.35. The molecule has 1 saturated heterocycles. The summed E-state index contributed by atoms with van der Waals surface area (Å²) < 4.78 is 0. The van der Waals surface area contributed by atoms with Gasteiger partial charge in [0.25, 0.3) is 0 Å². The molecule has 0 aromatic carbocycles. The van der Waals surface area contributed by atoms with Crippen molar-refractivity contribution in [1.29, 1.82) is 0 Å². The molecule has 2 amide bonds. The Morgan fingerprint density at radius 1 is 1.26 bits per heavy atom. The Bertz CT molecular complexity index is 369. The van der Waals surface area contributed by atoms with Crippen molar-refractivity contribution >= 4 is 11.8 Å². The third kappa shape index (κ3) is 3.08. The number of nitrogens with zero attached hydrogens (tertiary/aromatic N) is 1. The van der Waals surface area contributed by atoms with Gasteiger partial charge in [0.05, 0.1) is 6.10 Å². The molecule has 2 N–H and O–H groups in total. The van der Waals surface area contributed by atoms with E-state index in [4.69, 9.17) is 0 Å². The molecule has 1 aliphatic carbocycles. The monoisotopic (exact) mass is 268 g/mol. The van der Waals surface area contributed by atoms with E-state index in [0.717, 1.165) is 12.8 Å². The van der Waals surface area contributed by atoms with Crippen LogP contribution in [0, 0.1) is 5.41 Å². The minimum Gasteiger partial charge on any atom is -0.393 e. The van der Waals surface area contributed by atoms with E-state index in [-0.39, 0.29) is 30.0 Å². The molecule has 0 bridgehead atoms. The highest BCUT2D eigenvalue weighted by atomic mass is 16.3. The lowest BCUT2D eigenvalue weighted by molar-refractivity contribution is -0.145. The summed E-state index contributed by atoms with van der Waals surface area (Å²) in [5, 5.41) is 12.2. The van der Waals surface area contributed by atoms with Crippen LogP contribution in [0.2, 0.25) is 0 Å². The number of aliphatic hydroxyl groups excluding tert-OH is 1. The molecule has 108 valence electrons. The summed E-state index contributed by atoms with van der Waals surface area (Å²) in [5.41, 5.74) is -0.449. The topological polar surface area (TPSA) is 69.6 Å². The van der Waals surface area contributed by atoms with Gasteiger partial charge in [-0.25, -0.2) is 0 Å². The number of nitrogens with one attached hydrogen (secondary N) is 1. The minimum atomic E-state index is -0.449. The van der Waals surface area contributed by atoms with E-state index in [1.807, 2.05) is 20.8 Å². The standard InChI is InChI=1S/C14H24N2O3/c1-14(2,3)13(19)16-6-4-5-11(16)12(18)15-9-7-10(17)8-9/h9-11,17H,4-8H2,1-3H3,(H,15,18). The van der Waals surface area contributed by atoms with Gasteiger partial charge in [-0.1, -0.05) is 20.8 Å². The Morgan fingerprint density at radius 3 is 2.42 bits per heavy atom. The predicted molar refractivity (Wildman–Crippen MR) is 71.4 cm³/mol. The molecule has 1 saturated carbocycles. The molecule has 0 aromatic heterocycles. The molecule has 5 nitrogen and oxygen atoms in total. The van der Waals surface area contributed by atoms with Crippen molar-refractivity contribution < 1.29 is 14.7 Å². The first-order chi connectivity index (χ1) is 8.79. The van der Waals surface area contributed by atoms with E-state index in [2.05, 4.69) is 5.32 Å². The van der Waals surface area contributed by atoms with Crippen molar-refractivity contribution in [1.82, 2.24) is 10.2 Å². The minimum absolute atomic E-state index is 0.0406. The predicted octanol–water partition coefficient (Wildman–Crippen LogP) is 0.663. The third-order valence-electron chi connectivity index (χ3n) is 3.92. The number of rotatable bonds is 2. The van der Waals surface area contributed by atoms with Crippen LogP contribution >= 0.6 is 0 Å². The fourth-order valence-corrected chi connectivity index (χ4v) is 2.72. The number of carbonyl (C=O) groups excluding carboxylic acids is 2. The van der Waals surface area contributed by atoms with Gasteiger partial charge in [0.2, 0.25) is 11.8 Å². The third-order valence-corrected chi connectivity index (χ3v) is 3.92. The average molecular weight is 268 g/mol. The normalized spacial score (nSPS) is 30.9. The summed E-state index contributed by atoms with van der Waals surface area (Å²) in [4.78, 5) is 26.2. The Labute approximate surface area is 114 Å². The molecule has 1 heterocycles. The maximum absolute atomic E-state index is 12.3. The second-order valence-electron chi connectivity index (χ2n) is 6.74. The number of aliphatic hydroxyl groups is 1. The molecular weight excluding hydrogens is 244 g/mol. The van der Waals surface area contributed by atoms with Gasteiger partial charge in [0, 0.05) is 18.0 Å². The zero-order chi connectivity index (χ0) is 14.2. The van der Waals surface area contributed by atoms with Crippen LogP contribution in [0.1, 0.15) is 46.5 Å². The maximum Gasteiger partial charge on any atom is 0.243 e. The number of hydrogen-bond donors (Lipinski definition) is 2. The van der Waals surface area contributed by atoms with Crippen LogP contribution in [0.25, 0.3) is 0 Å². The maximum atomic E-state index is 12.3. The molecule has 2 aliphatic rings. The summed E-state index contributed by atoms with van der Waals surface area (Å²) in [5.74, 6) is -0.0224. The highest BCUT2D eigenvalue weighted by Crippen LogP contribution is 2.26. The van der Waals surface area contributed by atoms with Crippen molar-refractivity contribution in [2.45, 2.75) is 64.6 Å². The second kappa shape index (κ2) is 5.12. The largest absolute Gasteiger partial charge is 0.393 e. The number of likely N-dealkylation sites (tertiary alicyclic amines) is 1. The summed E-state index contributed by atoms with van der Waals surface area (Å²) in [6, 6.07) is -0.251. The molecule has 0 spiro atoms. The summed E-state index contributed by atoms with van der Waals surface area (Å²) in [6.45, 7) is 6.31. The molecular formula is C14H24N2O3. The summed E-state index contributed by atoms with van der Waals surface area (Å²) >= 11 is 0. The van der Waals surface area contributed by atoms with E-state index in [0.29, 0.717) is 19.4 Å². The van der Waals surface area contributed by atoms with Gasteiger partial charge < -0.3 is 15.3 Å². The average Bonchev–Trinajstić information content (AvgIpc) is 2.73. The lowest BCUT2D eigenvalue weighted by atomic mass is 9.89. The Balaban J connectivity index is 1.94. The second-order valence-corrected chi connectivity index (χ2v) is 6.74. The van der Waals surface area contributed by atoms with Crippen molar-refractivity contribution in [2.24, 2.45) is 5.41 Å². The molecule has 2 fully saturated rings. The quantitative estimate of drug-likeness (QED) is 0.773. The number of hydrogen-bond acceptors (Lipinski definition) is 3. The van der Waals surface area contributed by atoms with Gasteiger partial charge >= 0.3 is 0 Å². The van der Waals surface area contributed by atoms with Crippen molar-refractivity contribution in [3.63, 3.8) is 0 Å². The van der Waals surface area contributed by atoms with E-state index < -0.39 is 5.41 Å². The molecule has 0 radical (unpaired) electrons. The van der Waals surface area contributed by atoms with E-state index in [1.165, 1.54) is 0 Å². The van der Waals surface area contributed by atoms with Crippen LogP contribution in [0.15, 0.2) is 0 Å². The summed E-state index contributed by atoms with van der Waals surface area (Å²) in [7, 11) is 0. The SMILES string of the molecule is CC(C)(C)C(=O)N1CCCC1C(=O)NC1CC(O)C1. The molecule has 19 heavy (non-hydrogen) atoms. The highest BCUT2D eigenvalue weighted by molar-refractivity contribution is 5.90. The Morgan fingerprint density at radius 2 is 1.89 bits per heavy atom. The zero-order valence-corrected chi connectivity index (χ0v) is 12.0. The first-order valence-electron chi connectivity index (χ1n) is 7.08. The smallest absolute Gasteiger partial charge is 0.243 e. The number of amides is 2. The van der Waals surface area contributed by atoms with Gasteiger partial charge in [0.1, 0.15) is 6.04 Å². The molecule has 1 atom stereocenters. The van der Waals surface area contributed by atoms with Gasteiger partial charge in [-0.3, -0.25) is 9.59 Å². The number of carbonyl (C=O) groups is 2. The van der Waals surface area contributed by atoms with Crippen LogP contribution < -0.4 is 5.32 Å². The first kappa shape index (κ1) is 14.3. The fourth-order valence-electron chi connectivity index (χ4n) is 2.72. The summed E-state index contributed by atoms with van der Waals surface area (Å²) in [6.07, 6.45) is 2.61. The van der Waals surface area contributed by atoms with Crippen LogP contribution in [0.5, 0.6) is 0 Å². The van der Waals surface area contributed by atoms with Crippen LogP contribution in [0.4, 0.5) is 0 Å². The Hall–Kier alpha value is -1.10. The fraction of sp³-hybridized carbons (Fsp3) is 0.857. The van der Waals surface area contributed by atoms with Crippen molar-refractivity contribution in [3.05, 3.63) is 0 Å². The van der Waals surface area contributed by atoms with E-state index >= 15 is 0 Å². The Kier molecular flexibility index (Phi) is 3.85. The lowest BCUT2D eigenvalue weighted by Crippen LogP contribution is -2.54. The van der Waals surface area contributed by atoms with Crippen molar-refractivity contribution in [3.8, 4) is 0 Å². The van der Waals surface area contributed by atoms with Gasteiger partial charge in [-0.2, -0.15) is 0 Å². The van der Waals surface area contributed by atoms with Gasteiger partial charge in [0.15, 0.2) is 0 Å². The van der Waals surface area contributed by atoms with Crippen molar-refractivity contribution in [2.75, 3.05) is 6.54 Å². The highest BCUT2D eigenvalue weighted by Gasteiger charge is 2.40. The van der Waals surface area contributed by atoms with E-state index in [1.54, 1.807) is 4.90 Å². The van der Waals surface area contributed by atoms with Gasteiger partial charge in [-0.05, 0) is 25.7 Å². The van der Waals surface area contributed by atoms with E-state index in [9.17, 15) is 14.7 Å². The van der Waals surface area contributed by atoms with Crippen LogP contribution in [0.3, 0.4) is 0 Å². The molecule has 1 aliphatic heterocycles. The first-order valence-corrected chi connectivity index (χ1v) is 7.08. The molecule has 0 aromatic rings. The zero-order valence-electron chi connectivity index (χ0n) is 12.0.